The molecule has 4 rings (SSSR count). The predicted molar refractivity (Wildman–Crippen MR) is 121 cm³/mol. The highest BCUT2D eigenvalue weighted by molar-refractivity contribution is 14.0. The monoisotopic (exact) mass is 481 g/mol. The first-order valence-electron chi connectivity index (χ1n) is 9.41. The summed E-state index contributed by atoms with van der Waals surface area (Å²) in [5.41, 5.74) is 1.37. The van der Waals surface area contributed by atoms with Gasteiger partial charge >= 0.3 is 0 Å². The van der Waals surface area contributed by atoms with E-state index in [0.717, 1.165) is 62.1 Å². The molecule has 3 heterocycles. The number of para-hydroxylation sites is 1. The molecular weight excluding hydrogens is 453 g/mol. The molecule has 7 heteroatoms. The summed E-state index contributed by atoms with van der Waals surface area (Å²) in [7, 11) is 1.86. The second-order valence-corrected chi connectivity index (χ2v) is 7.26. The van der Waals surface area contributed by atoms with Crippen LogP contribution in [0, 0.1) is 5.41 Å². The van der Waals surface area contributed by atoms with Crippen molar-refractivity contribution in [2.45, 2.75) is 12.8 Å². The number of pyridine rings is 1. The van der Waals surface area contributed by atoms with E-state index in [2.05, 4.69) is 37.6 Å². The van der Waals surface area contributed by atoms with Gasteiger partial charge in [0.25, 0.3) is 0 Å². The number of nitrogens with one attached hydrogen (secondary N) is 2. The summed E-state index contributed by atoms with van der Waals surface area (Å²) >= 11 is 0. The predicted octanol–water partition coefficient (Wildman–Crippen LogP) is 2.95. The number of guanidine groups is 1. The largest absolute Gasteiger partial charge is 0.381 e. The second-order valence-electron chi connectivity index (χ2n) is 7.26. The number of aliphatic imine (C=N–C) groups is 1. The highest BCUT2D eigenvalue weighted by Gasteiger charge is 2.42. The Kier molecular flexibility index (Phi) is 6.75. The number of hydrogen-bond acceptors (Lipinski definition) is 4. The van der Waals surface area contributed by atoms with Crippen molar-refractivity contribution in [1.29, 1.82) is 0 Å². The van der Waals surface area contributed by atoms with Crippen molar-refractivity contribution in [3.05, 3.63) is 36.4 Å². The lowest BCUT2D eigenvalue weighted by atomic mass is 9.87. The molecule has 2 aliphatic rings. The lowest BCUT2D eigenvalue weighted by Crippen LogP contribution is -2.43. The molecule has 2 saturated heterocycles. The SMILES string of the molecule is CN=C(NCCNc1ccc2ccccc2n1)N1CCC2(CCOC2)C1.I. The standard InChI is InChI=1S/C20H27N5O.HI/c1-21-19(25-12-8-20(14-25)9-13-26-15-20)23-11-10-22-18-7-6-16-4-2-3-5-17(16)24-18;/h2-7H,8-15H2,1H3,(H,21,23)(H,22,24);1H. The van der Waals surface area contributed by atoms with E-state index in [-0.39, 0.29) is 24.0 Å². The van der Waals surface area contributed by atoms with Crippen molar-refractivity contribution in [2.24, 2.45) is 10.4 Å². The molecule has 2 aromatic rings. The van der Waals surface area contributed by atoms with E-state index in [1.165, 1.54) is 12.8 Å². The Morgan fingerprint density at radius 1 is 1.22 bits per heavy atom. The Bertz CT molecular complexity index is 791. The smallest absolute Gasteiger partial charge is 0.193 e. The van der Waals surface area contributed by atoms with Gasteiger partial charge in [0.2, 0.25) is 0 Å². The summed E-state index contributed by atoms with van der Waals surface area (Å²) in [6, 6.07) is 12.3. The highest BCUT2D eigenvalue weighted by Crippen LogP contribution is 2.38. The number of aromatic nitrogens is 1. The van der Waals surface area contributed by atoms with Gasteiger partial charge in [0, 0.05) is 50.6 Å². The number of rotatable bonds is 4. The van der Waals surface area contributed by atoms with Gasteiger partial charge in [-0.1, -0.05) is 18.2 Å². The third-order valence-electron chi connectivity index (χ3n) is 5.45. The van der Waals surface area contributed by atoms with E-state index in [0.29, 0.717) is 5.41 Å². The molecule has 1 aromatic carbocycles. The van der Waals surface area contributed by atoms with Crippen LogP contribution in [0.2, 0.25) is 0 Å². The van der Waals surface area contributed by atoms with Crippen LogP contribution in [0.15, 0.2) is 41.4 Å². The minimum absolute atomic E-state index is 0. The summed E-state index contributed by atoms with van der Waals surface area (Å²) < 4.78 is 5.62. The van der Waals surface area contributed by atoms with E-state index < -0.39 is 0 Å². The van der Waals surface area contributed by atoms with Crippen LogP contribution < -0.4 is 10.6 Å². The molecule has 1 atom stereocenters. The number of halogens is 1. The topological polar surface area (TPSA) is 61.8 Å². The fraction of sp³-hybridized carbons (Fsp3) is 0.500. The number of anilines is 1. The Morgan fingerprint density at radius 3 is 2.93 bits per heavy atom. The van der Waals surface area contributed by atoms with Gasteiger partial charge in [-0.05, 0) is 31.0 Å². The van der Waals surface area contributed by atoms with Crippen molar-refractivity contribution in [1.82, 2.24) is 15.2 Å². The van der Waals surface area contributed by atoms with Gasteiger partial charge in [0.05, 0.1) is 12.1 Å². The molecular formula is C20H28IN5O. The van der Waals surface area contributed by atoms with Gasteiger partial charge in [-0.15, -0.1) is 24.0 Å². The van der Waals surface area contributed by atoms with Crippen LogP contribution in [0.4, 0.5) is 5.82 Å². The minimum atomic E-state index is 0. The lowest BCUT2D eigenvalue weighted by Gasteiger charge is -2.25. The van der Waals surface area contributed by atoms with Crippen LogP contribution in [0.1, 0.15) is 12.8 Å². The van der Waals surface area contributed by atoms with Crippen LogP contribution in [-0.2, 0) is 4.74 Å². The zero-order valence-corrected chi connectivity index (χ0v) is 18.1. The zero-order valence-electron chi connectivity index (χ0n) is 15.8. The van der Waals surface area contributed by atoms with Crippen LogP contribution in [-0.4, -0.2) is 62.3 Å². The molecule has 2 aliphatic heterocycles. The molecule has 0 bridgehead atoms. The average Bonchev–Trinajstić information content (AvgIpc) is 3.32. The quantitative estimate of drug-likeness (QED) is 0.305. The molecule has 1 spiro atoms. The van der Waals surface area contributed by atoms with Crippen LogP contribution in [0.5, 0.6) is 0 Å². The van der Waals surface area contributed by atoms with Crippen LogP contribution in [0.25, 0.3) is 10.9 Å². The number of fused-ring (bicyclic) bond motifs is 1. The summed E-state index contributed by atoms with van der Waals surface area (Å²) in [5, 5.41) is 8.02. The van der Waals surface area contributed by atoms with Crippen molar-refractivity contribution < 1.29 is 4.74 Å². The van der Waals surface area contributed by atoms with Crippen molar-refractivity contribution in [2.75, 3.05) is 51.8 Å². The van der Waals surface area contributed by atoms with E-state index in [4.69, 9.17) is 4.74 Å². The third kappa shape index (κ3) is 4.63. The van der Waals surface area contributed by atoms with Crippen LogP contribution in [0.3, 0.4) is 0 Å². The van der Waals surface area contributed by atoms with Crippen molar-refractivity contribution in [3.63, 3.8) is 0 Å². The summed E-state index contributed by atoms with van der Waals surface area (Å²) in [5.74, 6) is 1.89. The summed E-state index contributed by atoms with van der Waals surface area (Å²) in [4.78, 5) is 11.5. The molecule has 146 valence electrons. The molecule has 27 heavy (non-hydrogen) atoms. The maximum Gasteiger partial charge on any atom is 0.193 e. The molecule has 2 N–H and O–H groups in total. The molecule has 0 saturated carbocycles. The Hall–Kier alpha value is -1.61. The number of hydrogen-bond donors (Lipinski definition) is 2. The van der Waals surface area contributed by atoms with E-state index in [9.17, 15) is 0 Å². The molecule has 2 fully saturated rings. The first-order chi connectivity index (χ1) is 12.8. The maximum absolute atomic E-state index is 5.62. The van der Waals surface area contributed by atoms with E-state index >= 15 is 0 Å². The number of likely N-dealkylation sites (tertiary alicyclic amines) is 1. The normalized spacial score (nSPS) is 22.3. The molecule has 1 aromatic heterocycles. The van der Waals surface area contributed by atoms with Crippen LogP contribution >= 0.6 is 24.0 Å². The Balaban J connectivity index is 0.00000210. The lowest BCUT2D eigenvalue weighted by molar-refractivity contribution is 0.156. The van der Waals surface area contributed by atoms with Crippen molar-refractivity contribution >= 4 is 46.7 Å². The van der Waals surface area contributed by atoms with E-state index in [1.807, 2.05) is 31.3 Å². The minimum Gasteiger partial charge on any atom is -0.381 e. The molecule has 0 radical (unpaired) electrons. The first-order valence-corrected chi connectivity index (χ1v) is 9.41. The summed E-state index contributed by atoms with van der Waals surface area (Å²) in [6.07, 6.45) is 2.38. The Morgan fingerprint density at radius 2 is 2.11 bits per heavy atom. The number of benzene rings is 1. The molecule has 0 amide bonds. The van der Waals surface area contributed by atoms with Gasteiger partial charge in [0.15, 0.2) is 5.96 Å². The molecule has 1 unspecified atom stereocenters. The van der Waals surface area contributed by atoms with Gasteiger partial charge < -0.3 is 20.3 Å². The van der Waals surface area contributed by atoms with E-state index in [1.54, 1.807) is 0 Å². The molecule has 6 nitrogen and oxygen atoms in total. The molecule has 0 aliphatic carbocycles. The number of nitrogens with zero attached hydrogens (tertiary/aromatic N) is 3. The highest BCUT2D eigenvalue weighted by atomic mass is 127. The van der Waals surface area contributed by atoms with Gasteiger partial charge in [-0.3, -0.25) is 4.99 Å². The summed E-state index contributed by atoms with van der Waals surface area (Å²) in [6.45, 7) is 5.51. The average molecular weight is 481 g/mol. The van der Waals surface area contributed by atoms with Gasteiger partial charge in [-0.25, -0.2) is 4.98 Å². The first kappa shape index (κ1) is 20.1. The third-order valence-corrected chi connectivity index (χ3v) is 5.45. The maximum atomic E-state index is 5.62. The Labute approximate surface area is 177 Å². The van der Waals surface area contributed by atoms with Gasteiger partial charge in [-0.2, -0.15) is 0 Å². The second kappa shape index (κ2) is 9.05. The van der Waals surface area contributed by atoms with Crippen molar-refractivity contribution in [3.8, 4) is 0 Å². The zero-order chi connectivity index (χ0) is 17.8. The van der Waals surface area contributed by atoms with Gasteiger partial charge in [0.1, 0.15) is 5.82 Å². The fourth-order valence-electron chi connectivity index (χ4n) is 3.95. The fourth-order valence-corrected chi connectivity index (χ4v) is 3.95. The number of ether oxygens (including phenoxy) is 1.